The quantitative estimate of drug-likeness (QED) is 0.274. The van der Waals surface area contributed by atoms with Crippen LogP contribution >= 0.6 is 0 Å². The molecule has 0 amide bonds. The molecule has 2 aromatic heterocycles. The number of hydrogen-bond donors (Lipinski definition) is 3. The molecule has 0 aliphatic heterocycles. The standard InChI is InChI=1S/C24H21N7O2/c1-14-7-9-19(17(25)11-14)28-24-27-18-6-4-3-5-16(18)22-29-30-23(31(22)24)26-13-15-8-10-21(33-2)20(32)12-15/h3-13,32H,25H2,1-2H3,(H,27,28)/b26-13+. The van der Waals surface area contributed by atoms with Crippen molar-refractivity contribution in [2.24, 2.45) is 4.99 Å². The van der Waals surface area contributed by atoms with Crippen molar-refractivity contribution in [3.63, 3.8) is 0 Å². The number of nitrogens with two attached hydrogens (primary N) is 1. The fourth-order valence-corrected chi connectivity index (χ4v) is 3.57. The SMILES string of the molecule is COc1ccc(/C=N/c2nnc3c4ccccc4nc(Nc4ccc(C)cc4N)n23)cc1O. The predicted molar refractivity (Wildman–Crippen MR) is 129 cm³/mol. The van der Waals surface area contributed by atoms with E-state index >= 15 is 0 Å². The minimum absolute atomic E-state index is 0.0254. The molecule has 2 heterocycles. The summed E-state index contributed by atoms with van der Waals surface area (Å²) in [5.74, 6) is 1.22. The highest BCUT2D eigenvalue weighted by Crippen LogP contribution is 2.30. The molecule has 33 heavy (non-hydrogen) atoms. The van der Waals surface area contributed by atoms with Crippen LogP contribution in [0.4, 0.5) is 23.3 Å². The second-order valence-corrected chi connectivity index (χ2v) is 7.52. The zero-order valence-electron chi connectivity index (χ0n) is 18.0. The first kappa shape index (κ1) is 20.3. The summed E-state index contributed by atoms with van der Waals surface area (Å²) in [6.07, 6.45) is 1.59. The maximum absolute atomic E-state index is 10.0. The Labute approximate surface area is 189 Å². The second kappa shape index (κ2) is 8.12. The number of rotatable bonds is 5. The number of aryl methyl sites for hydroxylation is 1. The Balaban J connectivity index is 1.64. The molecule has 9 nitrogen and oxygen atoms in total. The number of nitrogens with zero attached hydrogens (tertiary/aromatic N) is 5. The lowest BCUT2D eigenvalue weighted by atomic mass is 10.2. The van der Waals surface area contributed by atoms with Gasteiger partial charge in [0.05, 0.1) is 24.0 Å². The minimum Gasteiger partial charge on any atom is -0.504 e. The molecule has 4 N–H and O–H groups in total. The number of nitrogens with one attached hydrogen (secondary N) is 1. The second-order valence-electron chi connectivity index (χ2n) is 7.52. The van der Waals surface area contributed by atoms with Crippen LogP contribution in [-0.2, 0) is 0 Å². The molecule has 0 unspecified atom stereocenters. The largest absolute Gasteiger partial charge is 0.504 e. The van der Waals surface area contributed by atoms with E-state index in [9.17, 15) is 5.11 Å². The molecule has 0 radical (unpaired) electrons. The van der Waals surface area contributed by atoms with Crippen molar-refractivity contribution in [1.29, 1.82) is 0 Å². The fourth-order valence-electron chi connectivity index (χ4n) is 3.57. The maximum Gasteiger partial charge on any atom is 0.258 e. The van der Waals surface area contributed by atoms with Crippen LogP contribution in [0.3, 0.4) is 0 Å². The monoisotopic (exact) mass is 439 g/mol. The van der Waals surface area contributed by atoms with Crippen LogP contribution in [0.15, 0.2) is 65.7 Å². The molecular weight excluding hydrogens is 418 g/mol. The summed E-state index contributed by atoms with van der Waals surface area (Å²) >= 11 is 0. The maximum atomic E-state index is 10.0. The van der Waals surface area contributed by atoms with Crippen molar-refractivity contribution in [2.75, 3.05) is 18.2 Å². The minimum atomic E-state index is 0.0254. The van der Waals surface area contributed by atoms with Gasteiger partial charge in [-0.3, -0.25) is 0 Å². The number of anilines is 3. The molecule has 0 atom stereocenters. The zero-order valence-corrected chi connectivity index (χ0v) is 18.0. The topological polar surface area (TPSA) is 123 Å². The van der Waals surface area contributed by atoms with Crippen LogP contribution < -0.4 is 15.8 Å². The van der Waals surface area contributed by atoms with Gasteiger partial charge in [-0.2, -0.15) is 0 Å². The molecule has 9 heteroatoms. The molecule has 3 aromatic carbocycles. The molecule has 0 aliphatic rings. The van der Waals surface area contributed by atoms with Gasteiger partial charge < -0.3 is 20.9 Å². The van der Waals surface area contributed by atoms with Crippen molar-refractivity contribution in [3.05, 3.63) is 71.8 Å². The van der Waals surface area contributed by atoms with Crippen LogP contribution in [0.25, 0.3) is 16.6 Å². The number of aromatic hydroxyl groups is 1. The van der Waals surface area contributed by atoms with E-state index < -0.39 is 0 Å². The Kier molecular flexibility index (Phi) is 4.98. The summed E-state index contributed by atoms with van der Waals surface area (Å²) in [4.78, 5) is 9.28. The van der Waals surface area contributed by atoms with Crippen molar-refractivity contribution >= 4 is 46.0 Å². The highest BCUT2D eigenvalue weighted by molar-refractivity contribution is 5.93. The van der Waals surface area contributed by atoms with E-state index in [1.165, 1.54) is 7.11 Å². The van der Waals surface area contributed by atoms with Gasteiger partial charge in [-0.05, 0) is 60.5 Å². The normalized spacial score (nSPS) is 11.5. The van der Waals surface area contributed by atoms with Gasteiger partial charge in [0, 0.05) is 11.6 Å². The lowest BCUT2D eigenvalue weighted by Crippen LogP contribution is -2.04. The van der Waals surface area contributed by atoms with Crippen molar-refractivity contribution in [2.45, 2.75) is 6.92 Å². The average molecular weight is 439 g/mol. The Bertz CT molecular complexity index is 1520. The first-order chi connectivity index (χ1) is 16.0. The number of methoxy groups -OCH3 is 1. The van der Waals surface area contributed by atoms with Gasteiger partial charge in [0.15, 0.2) is 17.1 Å². The molecule has 164 valence electrons. The number of para-hydroxylation sites is 1. The number of benzene rings is 3. The third-order valence-electron chi connectivity index (χ3n) is 5.21. The highest BCUT2D eigenvalue weighted by Gasteiger charge is 2.15. The Hall–Kier alpha value is -4.66. The van der Waals surface area contributed by atoms with Gasteiger partial charge in [-0.1, -0.05) is 18.2 Å². The number of phenolic OH excluding ortho intramolecular Hbond substituents is 1. The molecule has 0 spiro atoms. The molecule has 0 saturated heterocycles. The van der Waals surface area contributed by atoms with Crippen LogP contribution in [0, 0.1) is 6.92 Å². The van der Waals surface area contributed by atoms with Crippen LogP contribution in [0.1, 0.15) is 11.1 Å². The third kappa shape index (κ3) is 3.76. The number of ether oxygens (including phenoxy) is 1. The molecule has 0 saturated carbocycles. The van der Waals surface area contributed by atoms with Gasteiger partial charge in [0.2, 0.25) is 5.95 Å². The molecular formula is C24H21N7O2. The molecule has 0 fully saturated rings. The number of fused-ring (bicyclic) bond motifs is 3. The van der Waals surface area contributed by atoms with E-state index in [0.717, 1.165) is 16.5 Å². The average Bonchev–Trinajstić information content (AvgIpc) is 3.24. The fraction of sp³-hybridized carbons (Fsp3) is 0.0833. The first-order valence-electron chi connectivity index (χ1n) is 10.2. The van der Waals surface area contributed by atoms with Crippen molar-refractivity contribution < 1.29 is 9.84 Å². The summed E-state index contributed by atoms with van der Waals surface area (Å²) in [6.45, 7) is 1.98. The van der Waals surface area contributed by atoms with Crippen LogP contribution in [0.5, 0.6) is 11.5 Å². The van der Waals surface area contributed by atoms with E-state index in [0.29, 0.717) is 40.2 Å². The Morgan fingerprint density at radius 2 is 1.94 bits per heavy atom. The lowest BCUT2D eigenvalue weighted by Gasteiger charge is -2.12. The van der Waals surface area contributed by atoms with Gasteiger partial charge in [-0.15, -0.1) is 10.2 Å². The summed E-state index contributed by atoms with van der Waals surface area (Å²) in [5, 5.41) is 22.8. The van der Waals surface area contributed by atoms with Gasteiger partial charge in [0.25, 0.3) is 5.95 Å². The van der Waals surface area contributed by atoms with Crippen molar-refractivity contribution in [1.82, 2.24) is 19.6 Å². The number of nitrogen functional groups attached to an aromatic ring is 1. The summed E-state index contributed by atoms with van der Waals surface area (Å²) in [5.41, 5.74) is 10.6. The molecule has 5 aromatic rings. The molecule has 0 aliphatic carbocycles. The molecule has 5 rings (SSSR count). The number of aliphatic imine (C=N–C) groups is 1. The van der Waals surface area contributed by atoms with E-state index in [1.54, 1.807) is 28.8 Å². The summed E-state index contributed by atoms with van der Waals surface area (Å²) in [7, 11) is 1.50. The Morgan fingerprint density at radius 3 is 2.73 bits per heavy atom. The van der Waals surface area contributed by atoms with Crippen molar-refractivity contribution in [3.8, 4) is 11.5 Å². The van der Waals surface area contributed by atoms with E-state index in [-0.39, 0.29) is 5.75 Å². The van der Waals surface area contributed by atoms with E-state index in [4.69, 9.17) is 15.5 Å². The molecule has 0 bridgehead atoms. The summed E-state index contributed by atoms with van der Waals surface area (Å²) in [6, 6.07) is 18.5. The van der Waals surface area contributed by atoms with E-state index in [1.807, 2.05) is 49.4 Å². The number of hydrogen-bond acceptors (Lipinski definition) is 8. The predicted octanol–water partition coefficient (Wildman–Crippen LogP) is 4.38. The summed E-state index contributed by atoms with van der Waals surface area (Å²) < 4.78 is 6.83. The van der Waals surface area contributed by atoms with Gasteiger partial charge in [0.1, 0.15) is 0 Å². The highest BCUT2D eigenvalue weighted by atomic mass is 16.5. The van der Waals surface area contributed by atoms with Gasteiger partial charge in [-0.25, -0.2) is 14.4 Å². The number of aromatic nitrogens is 4. The first-order valence-corrected chi connectivity index (χ1v) is 10.2. The zero-order chi connectivity index (χ0) is 22.9. The number of phenols is 1. The Morgan fingerprint density at radius 1 is 1.09 bits per heavy atom. The third-order valence-corrected chi connectivity index (χ3v) is 5.21. The smallest absolute Gasteiger partial charge is 0.258 e. The lowest BCUT2D eigenvalue weighted by molar-refractivity contribution is 0.373. The van der Waals surface area contributed by atoms with Crippen LogP contribution in [0.2, 0.25) is 0 Å². The van der Waals surface area contributed by atoms with Crippen LogP contribution in [-0.4, -0.2) is 38.0 Å². The van der Waals surface area contributed by atoms with E-state index in [2.05, 4.69) is 20.5 Å². The van der Waals surface area contributed by atoms with Gasteiger partial charge >= 0.3 is 0 Å².